The van der Waals surface area contributed by atoms with Crippen molar-refractivity contribution in [3.63, 3.8) is 0 Å². The summed E-state index contributed by atoms with van der Waals surface area (Å²) in [5.41, 5.74) is -1.16. The Labute approximate surface area is 126 Å². The number of halogens is 1. The fourth-order valence-electron chi connectivity index (χ4n) is 2.57. The van der Waals surface area contributed by atoms with Gasteiger partial charge in [-0.15, -0.1) is 0 Å². The van der Waals surface area contributed by atoms with E-state index in [-0.39, 0.29) is 24.4 Å². The van der Waals surface area contributed by atoms with Crippen LogP contribution in [0.2, 0.25) is 5.02 Å². The molecule has 1 spiro atoms. The normalized spacial score (nSPS) is 26.1. The van der Waals surface area contributed by atoms with Crippen LogP contribution in [0, 0.1) is 0 Å². The predicted molar refractivity (Wildman–Crippen MR) is 74.2 cm³/mol. The zero-order valence-corrected chi connectivity index (χ0v) is 12.4. The third-order valence-electron chi connectivity index (χ3n) is 3.68. The highest BCUT2D eigenvalue weighted by Crippen LogP contribution is 2.30. The van der Waals surface area contributed by atoms with E-state index in [4.69, 9.17) is 11.6 Å². The highest BCUT2D eigenvalue weighted by atomic mass is 35.5. The molecule has 2 aliphatic heterocycles. The van der Waals surface area contributed by atoms with Crippen molar-refractivity contribution in [2.24, 2.45) is 0 Å². The molecule has 2 saturated heterocycles. The molecule has 2 heterocycles. The zero-order chi connectivity index (χ0) is 15.3. The van der Waals surface area contributed by atoms with Crippen LogP contribution < -0.4 is 10.6 Å². The summed E-state index contributed by atoms with van der Waals surface area (Å²) in [7, 11) is -3.75. The van der Waals surface area contributed by atoms with E-state index in [1.807, 2.05) is 0 Å². The number of benzene rings is 1. The number of nitrogens with zero attached hydrogens (tertiary/aromatic N) is 1. The topological polar surface area (TPSA) is 95.6 Å². The van der Waals surface area contributed by atoms with Crippen molar-refractivity contribution in [1.29, 1.82) is 0 Å². The molecule has 2 N–H and O–H groups in total. The van der Waals surface area contributed by atoms with Crippen molar-refractivity contribution < 1.29 is 18.0 Å². The van der Waals surface area contributed by atoms with Gasteiger partial charge >= 0.3 is 6.03 Å². The van der Waals surface area contributed by atoms with Gasteiger partial charge in [-0.05, 0) is 24.6 Å². The quantitative estimate of drug-likeness (QED) is 0.763. The van der Waals surface area contributed by atoms with Gasteiger partial charge in [0.05, 0.1) is 4.90 Å². The second-order valence-electron chi connectivity index (χ2n) is 5.04. The number of nitrogens with one attached hydrogen (secondary N) is 2. The Morgan fingerprint density at radius 1 is 1.29 bits per heavy atom. The van der Waals surface area contributed by atoms with E-state index in [0.717, 1.165) is 0 Å². The van der Waals surface area contributed by atoms with Crippen molar-refractivity contribution in [2.45, 2.75) is 16.9 Å². The van der Waals surface area contributed by atoms with Crippen molar-refractivity contribution in [1.82, 2.24) is 14.9 Å². The van der Waals surface area contributed by atoms with Gasteiger partial charge in [0, 0.05) is 18.1 Å². The van der Waals surface area contributed by atoms with Gasteiger partial charge in [0.15, 0.2) is 0 Å². The minimum atomic E-state index is -3.75. The Bertz CT molecular complexity index is 736. The molecule has 0 bridgehead atoms. The Hall–Kier alpha value is -1.64. The molecular formula is C12H12ClN3O4S. The van der Waals surface area contributed by atoms with Gasteiger partial charge < -0.3 is 5.32 Å². The van der Waals surface area contributed by atoms with Crippen molar-refractivity contribution in [2.75, 3.05) is 13.1 Å². The van der Waals surface area contributed by atoms with E-state index < -0.39 is 27.5 Å². The van der Waals surface area contributed by atoms with E-state index in [0.29, 0.717) is 5.02 Å². The van der Waals surface area contributed by atoms with Crippen LogP contribution in [0.3, 0.4) is 0 Å². The van der Waals surface area contributed by atoms with Gasteiger partial charge in [0.25, 0.3) is 5.91 Å². The molecule has 7 nitrogen and oxygen atoms in total. The fraction of sp³-hybridized carbons (Fsp3) is 0.333. The molecule has 1 atom stereocenters. The molecule has 3 amide bonds. The lowest BCUT2D eigenvalue weighted by Gasteiger charge is -2.21. The molecule has 0 aromatic heterocycles. The molecule has 112 valence electrons. The summed E-state index contributed by atoms with van der Waals surface area (Å²) >= 11 is 5.82. The molecule has 0 aliphatic carbocycles. The lowest BCUT2D eigenvalue weighted by atomic mass is 10.00. The Balaban J connectivity index is 1.89. The first-order chi connectivity index (χ1) is 9.83. The largest absolute Gasteiger partial charge is 0.322 e. The summed E-state index contributed by atoms with van der Waals surface area (Å²) < 4.78 is 26.3. The van der Waals surface area contributed by atoms with Gasteiger partial charge in [-0.25, -0.2) is 13.2 Å². The number of amides is 3. The van der Waals surface area contributed by atoms with Gasteiger partial charge in [-0.1, -0.05) is 17.7 Å². The van der Waals surface area contributed by atoms with E-state index in [1.165, 1.54) is 16.4 Å². The van der Waals surface area contributed by atoms with Crippen molar-refractivity contribution in [3.8, 4) is 0 Å². The van der Waals surface area contributed by atoms with Gasteiger partial charge in [-0.2, -0.15) is 4.31 Å². The number of sulfonamides is 1. The molecule has 9 heteroatoms. The summed E-state index contributed by atoms with van der Waals surface area (Å²) in [5, 5.41) is 4.97. The maximum atomic E-state index is 12.5. The Kier molecular flexibility index (Phi) is 3.19. The summed E-state index contributed by atoms with van der Waals surface area (Å²) in [5.74, 6) is -0.490. The fourth-order valence-corrected chi connectivity index (χ4v) is 4.37. The van der Waals surface area contributed by atoms with Crippen LogP contribution >= 0.6 is 11.6 Å². The Morgan fingerprint density at radius 2 is 2.05 bits per heavy atom. The van der Waals surface area contributed by atoms with Crippen LogP contribution in [0.5, 0.6) is 0 Å². The monoisotopic (exact) mass is 329 g/mol. The molecule has 21 heavy (non-hydrogen) atoms. The van der Waals surface area contributed by atoms with Crippen molar-refractivity contribution >= 4 is 33.6 Å². The van der Waals surface area contributed by atoms with E-state index in [1.54, 1.807) is 12.1 Å². The summed E-state index contributed by atoms with van der Waals surface area (Å²) in [6.07, 6.45) is 0.240. The SMILES string of the molecule is O=C1NC(=O)C2(CCN(S(=O)(=O)c3cccc(Cl)c3)C2)N1. The molecule has 1 aromatic rings. The Morgan fingerprint density at radius 3 is 2.67 bits per heavy atom. The van der Waals surface area contributed by atoms with Crippen molar-refractivity contribution in [3.05, 3.63) is 29.3 Å². The van der Waals surface area contributed by atoms with E-state index >= 15 is 0 Å². The molecule has 2 aliphatic rings. The minimum Gasteiger partial charge on any atom is -0.322 e. The lowest BCUT2D eigenvalue weighted by Crippen LogP contribution is -2.49. The molecule has 2 fully saturated rings. The number of urea groups is 1. The average Bonchev–Trinajstić information content (AvgIpc) is 2.95. The second kappa shape index (κ2) is 4.69. The van der Waals surface area contributed by atoms with Crippen LogP contribution in [0.15, 0.2) is 29.2 Å². The first-order valence-electron chi connectivity index (χ1n) is 6.23. The highest BCUT2D eigenvalue weighted by molar-refractivity contribution is 7.89. The third kappa shape index (κ3) is 2.29. The number of rotatable bonds is 2. The molecule has 0 radical (unpaired) electrons. The number of carbonyl (C=O) groups is 2. The maximum absolute atomic E-state index is 12.5. The summed E-state index contributed by atoms with van der Waals surface area (Å²) in [6.45, 7) is 0.0714. The van der Waals surface area contributed by atoms with Crippen LogP contribution in [-0.4, -0.2) is 43.3 Å². The predicted octanol–water partition coefficient (Wildman–Crippen LogP) is 0.313. The first kappa shape index (κ1) is 14.3. The van der Waals surface area contributed by atoms with Gasteiger partial charge in [-0.3, -0.25) is 10.1 Å². The van der Waals surface area contributed by atoms with Gasteiger partial charge in [0.2, 0.25) is 10.0 Å². The summed E-state index contributed by atoms with van der Waals surface area (Å²) in [6, 6.07) is 5.33. The molecule has 0 saturated carbocycles. The number of hydrogen-bond acceptors (Lipinski definition) is 4. The molecule has 1 unspecified atom stereocenters. The van der Waals surface area contributed by atoms with E-state index in [9.17, 15) is 18.0 Å². The number of hydrogen-bond donors (Lipinski definition) is 2. The average molecular weight is 330 g/mol. The lowest BCUT2D eigenvalue weighted by molar-refractivity contribution is -0.123. The van der Waals surface area contributed by atoms with Gasteiger partial charge in [0.1, 0.15) is 5.54 Å². The standard InChI is InChI=1S/C12H12ClN3O4S/c13-8-2-1-3-9(6-8)21(19,20)16-5-4-12(7-16)10(17)14-11(18)15-12/h1-3,6H,4-5,7H2,(H2,14,15,17,18). The number of carbonyl (C=O) groups excluding carboxylic acids is 2. The summed E-state index contributed by atoms with van der Waals surface area (Å²) in [4.78, 5) is 23.2. The molecule has 1 aromatic carbocycles. The zero-order valence-electron chi connectivity index (χ0n) is 10.8. The minimum absolute atomic E-state index is 0.0665. The third-order valence-corrected chi connectivity index (χ3v) is 5.76. The van der Waals surface area contributed by atoms with Crippen LogP contribution in [0.1, 0.15) is 6.42 Å². The van der Waals surface area contributed by atoms with Crippen LogP contribution in [0.4, 0.5) is 4.79 Å². The maximum Gasteiger partial charge on any atom is 0.322 e. The van der Waals surface area contributed by atoms with E-state index in [2.05, 4.69) is 10.6 Å². The highest BCUT2D eigenvalue weighted by Gasteiger charge is 2.53. The first-order valence-corrected chi connectivity index (χ1v) is 8.05. The molecule has 3 rings (SSSR count). The second-order valence-corrected chi connectivity index (χ2v) is 7.41. The van der Waals surface area contributed by atoms with Crippen LogP contribution in [0.25, 0.3) is 0 Å². The number of imide groups is 1. The van der Waals surface area contributed by atoms with Crippen LogP contribution in [-0.2, 0) is 14.8 Å². The molecular weight excluding hydrogens is 318 g/mol. The smallest absolute Gasteiger partial charge is 0.322 e.